The number of ether oxygens (including phenoxy) is 2. The number of esters is 1. The lowest BCUT2D eigenvalue weighted by Gasteiger charge is -2.16. The zero-order valence-electron chi connectivity index (χ0n) is 11.1. The molecule has 0 aromatic heterocycles. The Morgan fingerprint density at radius 2 is 2.30 bits per heavy atom. The number of nitrogens with two attached hydrogens (primary N) is 1. The number of allylic oxidation sites excluding steroid dienone is 2. The Labute approximate surface area is 121 Å². The quantitative estimate of drug-likeness (QED) is 0.805. The zero-order valence-corrected chi connectivity index (χ0v) is 12.0. The van der Waals surface area contributed by atoms with Crippen molar-refractivity contribution in [3.8, 4) is 0 Å². The fraction of sp³-hybridized carbons (Fsp3) is 0.267. The van der Waals surface area contributed by atoms with Gasteiger partial charge in [-0.2, -0.15) is 0 Å². The van der Waals surface area contributed by atoms with E-state index in [4.69, 9.17) is 15.2 Å². The van der Waals surface area contributed by atoms with Crippen LogP contribution in [-0.4, -0.2) is 13.1 Å². The molecule has 5 heteroatoms. The van der Waals surface area contributed by atoms with Crippen LogP contribution in [0, 0.1) is 0 Å². The average molecular weight is 289 g/mol. The first-order valence-corrected chi connectivity index (χ1v) is 7.21. The molecule has 0 saturated carbocycles. The number of hydrogen-bond acceptors (Lipinski definition) is 5. The lowest BCUT2D eigenvalue weighted by Crippen LogP contribution is -2.09. The summed E-state index contributed by atoms with van der Waals surface area (Å²) in [5.41, 5.74) is 8.22. The van der Waals surface area contributed by atoms with Gasteiger partial charge in [-0.05, 0) is 31.0 Å². The van der Waals surface area contributed by atoms with Gasteiger partial charge < -0.3 is 15.2 Å². The van der Waals surface area contributed by atoms with Crippen molar-refractivity contribution in [3.05, 3.63) is 51.8 Å². The minimum Gasteiger partial charge on any atom is -0.486 e. The molecule has 20 heavy (non-hydrogen) atoms. The molecule has 1 aliphatic heterocycles. The van der Waals surface area contributed by atoms with E-state index < -0.39 is 0 Å². The second-order valence-corrected chi connectivity index (χ2v) is 5.79. The van der Waals surface area contributed by atoms with Crippen LogP contribution in [0.1, 0.15) is 28.8 Å². The third-order valence-corrected chi connectivity index (χ3v) is 4.59. The van der Waals surface area contributed by atoms with Crippen LogP contribution in [0.2, 0.25) is 0 Å². The second kappa shape index (κ2) is 5.25. The highest BCUT2D eigenvalue weighted by atomic mass is 32.2. The highest BCUT2D eigenvalue weighted by molar-refractivity contribution is 8.03. The molecule has 0 radical (unpaired) electrons. The Morgan fingerprint density at radius 3 is 3.10 bits per heavy atom. The lowest BCUT2D eigenvalue weighted by molar-refractivity contribution is 0.0600. The van der Waals surface area contributed by atoms with E-state index in [9.17, 15) is 4.79 Å². The minimum atomic E-state index is -0.334. The fourth-order valence-electron chi connectivity index (χ4n) is 2.31. The van der Waals surface area contributed by atoms with Crippen molar-refractivity contribution in [2.75, 3.05) is 7.11 Å². The maximum atomic E-state index is 11.6. The molecule has 1 heterocycles. The first-order chi connectivity index (χ1) is 9.69. The molecule has 1 aromatic carbocycles. The summed E-state index contributed by atoms with van der Waals surface area (Å²) in [6.45, 7) is 0.417. The first kappa shape index (κ1) is 13.1. The number of fused-ring (bicyclic) bond motifs is 1. The number of rotatable bonds is 1. The van der Waals surface area contributed by atoms with Gasteiger partial charge in [0.15, 0.2) is 5.76 Å². The summed E-state index contributed by atoms with van der Waals surface area (Å²) in [7, 11) is 1.38. The summed E-state index contributed by atoms with van der Waals surface area (Å²) < 4.78 is 10.6. The summed E-state index contributed by atoms with van der Waals surface area (Å²) >= 11 is 1.68. The Morgan fingerprint density at radius 1 is 1.45 bits per heavy atom. The number of thioether (sulfide) groups is 1. The van der Waals surface area contributed by atoms with Crippen LogP contribution >= 0.6 is 11.8 Å². The van der Waals surface area contributed by atoms with Gasteiger partial charge >= 0.3 is 5.97 Å². The van der Waals surface area contributed by atoms with E-state index in [0.29, 0.717) is 17.9 Å². The molecular formula is C15H15NO3S. The molecule has 0 bridgehead atoms. The molecular weight excluding hydrogens is 274 g/mol. The fourth-order valence-corrected chi connectivity index (χ4v) is 3.45. The normalized spacial score (nSPS) is 17.4. The van der Waals surface area contributed by atoms with Crippen molar-refractivity contribution >= 4 is 17.7 Å². The molecule has 0 amide bonds. The maximum absolute atomic E-state index is 11.6. The molecule has 0 atom stereocenters. The molecule has 0 fully saturated rings. The van der Waals surface area contributed by atoms with Crippen LogP contribution in [0.3, 0.4) is 0 Å². The number of hydrogen-bond donors (Lipinski definition) is 1. The van der Waals surface area contributed by atoms with Gasteiger partial charge in [0.2, 0.25) is 0 Å². The monoisotopic (exact) mass is 289 g/mol. The summed E-state index contributed by atoms with van der Waals surface area (Å²) in [6, 6.07) is 5.55. The third-order valence-electron chi connectivity index (χ3n) is 3.34. The number of benzene rings is 1. The van der Waals surface area contributed by atoms with Gasteiger partial charge in [-0.3, -0.25) is 0 Å². The van der Waals surface area contributed by atoms with Gasteiger partial charge in [-0.1, -0.05) is 17.8 Å². The van der Waals surface area contributed by atoms with Crippen molar-refractivity contribution < 1.29 is 14.3 Å². The van der Waals surface area contributed by atoms with Crippen molar-refractivity contribution in [3.63, 3.8) is 0 Å². The summed E-state index contributed by atoms with van der Waals surface area (Å²) in [4.78, 5) is 13.8. The molecule has 2 aliphatic rings. The van der Waals surface area contributed by atoms with Gasteiger partial charge in [0.25, 0.3) is 0 Å². The minimum absolute atomic E-state index is 0.334. The van der Waals surface area contributed by atoms with Gasteiger partial charge in [0.1, 0.15) is 6.61 Å². The zero-order chi connectivity index (χ0) is 14.1. The largest absolute Gasteiger partial charge is 0.486 e. The van der Waals surface area contributed by atoms with E-state index in [2.05, 4.69) is 0 Å². The van der Waals surface area contributed by atoms with E-state index in [1.807, 2.05) is 18.2 Å². The van der Waals surface area contributed by atoms with Crippen LogP contribution in [0.4, 0.5) is 0 Å². The highest BCUT2D eigenvalue weighted by Crippen LogP contribution is 2.41. The molecule has 0 saturated heterocycles. The van der Waals surface area contributed by atoms with Gasteiger partial charge in [-0.15, -0.1) is 0 Å². The lowest BCUT2D eigenvalue weighted by atomic mass is 10.1. The maximum Gasteiger partial charge on any atom is 0.337 e. The Hall–Kier alpha value is -1.88. The summed E-state index contributed by atoms with van der Waals surface area (Å²) in [6.07, 6.45) is 3.88. The predicted molar refractivity (Wildman–Crippen MR) is 77.0 cm³/mol. The first-order valence-electron chi connectivity index (χ1n) is 6.40. The van der Waals surface area contributed by atoms with Gasteiger partial charge in [0, 0.05) is 15.4 Å². The van der Waals surface area contributed by atoms with Crippen LogP contribution in [0.25, 0.3) is 0 Å². The molecule has 1 aliphatic carbocycles. The summed E-state index contributed by atoms with van der Waals surface area (Å²) in [5, 5.41) is 0. The predicted octanol–water partition coefficient (Wildman–Crippen LogP) is 2.94. The van der Waals surface area contributed by atoms with Crippen LogP contribution in [-0.2, 0) is 16.1 Å². The Bertz CT molecular complexity index is 634. The van der Waals surface area contributed by atoms with Gasteiger partial charge in [0.05, 0.1) is 18.4 Å². The average Bonchev–Trinajstić information content (AvgIpc) is 2.65. The van der Waals surface area contributed by atoms with Crippen LogP contribution in [0.5, 0.6) is 0 Å². The topological polar surface area (TPSA) is 61.5 Å². The van der Waals surface area contributed by atoms with Crippen molar-refractivity contribution in [1.29, 1.82) is 0 Å². The Balaban J connectivity index is 1.94. The van der Waals surface area contributed by atoms with Crippen molar-refractivity contribution in [1.82, 2.24) is 0 Å². The van der Waals surface area contributed by atoms with E-state index in [0.717, 1.165) is 34.0 Å². The molecule has 0 spiro atoms. The van der Waals surface area contributed by atoms with Gasteiger partial charge in [-0.25, -0.2) is 4.79 Å². The molecule has 1 aromatic rings. The second-order valence-electron chi connectivity index (χ2n) is 4.66. The molecule has 2 N–H and O–H groups in total. The SMILES string of the molecule is COC(=O)c1ccc2c(c1)COC1=C(CCC=C1N)S2. The van der Waals surface area contributed by atoms with Crippen LogP contribution < -0.4 is 5.73 Å². The van der Waals surface area contributed by atoms with Crippen molar-refractivity contribution in [2.45, 2.75) is 24.3 Å². The van der Waals surface area contributed by atoms with E-state index in [-0.39, 0.29) is 5.97 Å². The highest BCUT2D eigenvalue weighted by Gasteiger charge is 2.22. The smallest absolute Gasteiger partial charge is 0.337 e. The molecule has 3 rings (SSSR count). The number of carbonyl (C=O) groups is 1. The van der Waals surface area contributed by atoms with Crippen LogP contribution in [0.15, 0.2) is 45.5 Å². The van der Waals surface area contributed by atoms with E-state index in [1.165, 1.54) is 7.11 Å². The molecule has 104 valence electrons. The molecule has 0 unspecified atom stereocenters. The van der Waals surface area contributed by atoms with Crippen molar-refractivity contribution in [2.24, 2.45) is 5.73 Å². The van der Waals surface area contributed by atoms with E-state index in [1.54, 1.807) is 17.8 Å². The van der Waals surface area contributed by atoms with E-state index >= 15 is 0 Å². The summed E-state index contributed by atoms with van der Waals surface area (Å²) in [5.74, 6) is 0.455. The number of methoxy groups -OCH3 is 1. The molecule has 4 nitrogen and oxygen atoms in total. The number of carbonyl (C=O) groups excluding carboxylic acids is 1. The Kier molecular flexibility index (Phi) is 3.44. The third kappa shape index (κ3) is 2.29. The standard InChI is InChI=1S/C15H15NO3S/c1-18-15(17)9-5-6-12-10(7-9)8-19-14-11(16)3-2-4-13(14)20-12/h3,5-7H,2,4,8,16H2,1H3.